The monoisotopic (exact) mass is 150 g/mol. The lowest BCUT2D eigenvalue weighted by Crippen LogP contribution is -2.21. The first-order chi connectivity index (χ1) is 4.81. The Morgan fingerprint density at radius 3 is 2.60 bits per heavy atom. The highest BCUT2D eigenvalue weighted by molar-refractivity contribution is 4.49. The number of hydrogen-bond donors (Lipinski definition) is 2. The summed E-state index contributed by atoms with van der Waals surface area (Å²) >= 11 is 0. The lowest BCUT2D eigenvalue weighted by molar-refractivity contribution is -0.0140. The van der Waals surface area contributed by atoms with Gasteiger partial charge in [-0.25, -0.2) is 0 Å². The molecular formula is C6H14O4. The van der Waals surface area contributed by atoms with Gasteiger partial charge in [-0.05, 0) is 0 Å². The molecule has 0 aromatic carbocycles. The predicted octanol–water partition coefficient (Wildman–Crippen LogP) is -0.997. The summed E-state index contributed by atoms with van der Waals surface area (Å²) in [5.41, 5.74) is 0. The van der Waals surface area contributed by atoms with Crippen LogP contribution in [0.1, 0.15) is 0 Å². The molecule has 0 spiro atoms. The summed E-state index contributed by atoms with van der Waals surface area (Å²) < 4.78 is 9.46. The van der Waals surface area contributed by atoms with Gasteiger partial charge in [0.25, 0.3) is 0 Å². The Bertz CT molecular complexity index is 66.8. The van der Waals surface area contributed by atoms with Gasteiger partial charge in [0.2, 0.25) is 0 Å². The van der Waals surface area contributed by atoms with E-state index in [0.29, 0.717) is 0 Å². The van der Waals surface area contributed by atoms with E-state index in [9.17, 15) is 0 Å². The highest BCUT2D eigenvalue weighted by Gasteiger charge is 2.01. The van der Waals surface area contributed by atoms with Crippen molar-refractivity contribution in [1.82, 2.24) is 0 Å². The second-order valence-corrected chi connectivity index (χ2v) is 1.91. The molecule has 2 N–H and O–H groups in total. The molecule has 10 heavy (non-hydrogen) atoms. The fourth-order valence-electron chi connectivity index (χ4n) is 0.524. The number of hydrogen-bond acceptors (Lipinski definition) is 4. The fraction of sp³-hybridized carbons (Fsp3) is 1.00. The van der Waals surface area contributed by atoms with Crippen molar-refractivity contribution in [3.8, 4) is 0 Å². The van der Waals surface area contributed by atoms with Crippen LogP contribution in [0.25, 0.3) is 0 Å². The van der Waals surface area contributed by atoms with Crippen molar-refractivity contribution in [1.29, 1.82) is 0 Å². The molecule has 0 aliphatic carbocycles. The standard InChI is InChI=1S/C6H14O4/c1-9-4-6(8)5-10-3-2-7/h6-8H,2-5H2,1H3. The van der Waals surface area contributed by atoms with Gasteiger partial charge in [0.15, 0.2) is 0 Å². The number of methoxy groups -OCH3 is 1. The van der Waals surface area contributed by atoms with Gasteiger partial charge < -0.3 is 19.7 Å². The van der Waals surface area contributed by atoms with Gasteiger partial charge in [0.05, 0.1) is 26.4 Å². The van der Waals surface area contributed by atoms with Gasteiger partial charge in [-0.15, -0.1) is 0 Å². The highest BCUT2D eigenvalue weighted by atomic mass is 16.5. The minimum absolute atomic E-state index is 0.0142. The Labute approximate surface area is 60.4 Å². The van der Waals surface area contributed by atoms with E-state index >= 15 is 0 Å². The van der Waals surface area contributed by atoms with Crippen molar-refractivity contribution in [2.24, 2.45) is 0 Å². The highest BCUT2D eigenvalue weighted by Crippen LogP contribution is 1.84. The molecule has 1 unspecified atom stereocenters. The second kappa shape index (κ2) is 6.95. The average Bonchev–Trinajstić information content (AvgIpc) is 1.89. The third-order valence-electron chi connectivity index (χ3n) is 0.905. The molecule has 0 heterocycles. The normalized spacial score (nSPS) is 13.5. The summed E-state index contributed by atoms with van der Waals surface area (Å²) in [5, 5.41) is 17.2. The van der Waals surface area contributed by atoms with Gasteiger partial charge in [-0.2, -0.15) is 0 Å². The zero-order chi connectivity index (χ0) is 7.82. The number of aliphatic hydroxyl groups is 2. The zero-order valence-electron chi connectivity index (χ0n) is 6.12. The molecule has 0 bridgehead atoms. The maximum atomic E-state index is 8.94. The van der Waals surface area contributed by atoms with Crippen molar-refractivity contribution in [2.45, 2.75) is 6.10 Å². The molecule has 0 saturated carbocycles. The number of rotatable bonds is 6. The quantitative estimate of drug-likeness (QED) is 0.477. The lowest BCUT2D eigenvalue weighted by atomic mass is 10.4. The molecule has 0 aliphatic rings. The van der Waals surface area contributed by atoms with Crippen molar-refractivity contribution in [2.75, 3.05) is 33.5 Å². The van der Waals surface area contributed by atoms with Gasteiger partial charge in [0.1, 0.15) is 6.10 Å². The Hall–Kier alpha value is -0.160. The average molecular weight is 150 g/mol. The van der Waals surface area contributed by atoms with Crippen LogP contribution in [0.2, 0.25) is 0 Å². The molecule has 0 radical (unpaired) electrons. The molecule has 1 atom stereocenters. The van der Waals surface area contributed by atoms with E-state index in [1.165, 1.54) is 7.11 Å². The molecule has 62 valence electrons. The summed E-state index contributed by atoms with van der Waals surface area (Å²) in [6.45, 7) is 0.736. The molecule has 0 aromatic rings. The van der Waals surface area contributed by atoms with E-state index in [0.717, 1.165) is 0 Å². The summed E-state index contributed by atoms with van der Waals surface area (Å²) in [6, 6.07) is 0. The van der Waals surface area contributed by atoms with E-state index in [4.69, 9.17) is 14.9 Å². The van der Waals surface area contributed by atoms with E-state index in [1.54, 1.807) is 0 Å². The van der Waals surface area contributed by atoms with Gasteiger partial charge in [0, 0.05) is 7.11 Å². The van der Waals surface area contributed by atoms with Gasteiger partial charge in [-0.1, -0.05) is 0 Å². The minimum atomic E-state index is -0.587. The third kappa shape index (κ3) is 5.97. The lowest BCUT2D eigenvalue weighted by Gasteiger charge is -2.08. The SMILES string of the molecule is COCC(O)COCCO. The molecule has 0 rings (SSSR count). The number of ether oxygens (including phenoxy) is 2. The van der Waals surface area contributed by atoms with Crippen LogP contribution in [0.5, 0.6) is 0 Å². The van der Waals surface area contributed by atoms with Crippen LogP contribution in [0, 0.1) is 0 Å². The molecule has 0 aromatic heterocycles. The molecular weight excluding hydrogens is 136 g/mol. The van der Waals surface area contributed by atoms with E-state index in [2.05, 4.69) is 4.74 Å². The summed E-state index contributed by atoms with van der Waals surface area (Å²) in [4.78, 5) is 0. The Morgan fingerprint density at radius 1 is 1.40 bits per heavy atom. The topological polar surface area (TPSA) is 58.9 Å². The molecule has 0 aliphatic heterocycles. The van der Waals surface area contributed by atoms with Gasteiger partial charge >= 0.3 is 0 Å². The van der Waals surface area contributed by atoms with E-state index < -0.39 is 6.10 Å². The maximum absolute atomic E-state index is 8.94. The van der Waals surface area contributed by atoms with Crippen LogP contribution in [-0.2, 0) is 9.47 Å². The molecule has 0 saturated heterocycles. The van der Waals surface area contributed by atoms with E-state index in [-0.39, 0.29) is 26.4 Å². The summed E-state index contributed by atoms with van der Waals surface area (Å²) in [6.07, 6.45) is -0.587. The fourth-order valence-corrected chi connectivity index (χ4v) is 0.524. The van der Waals surface area contributed by atoms with Crippen LogP contribution in [-0.4, -0.2) is 49.9 Å². The molecule has 4 heteroatoms. The van der Waals surface area contributed by atoms with Crippen molar-refractivity contribution in [3.63, 3.8) is 0 Å². The zero-order valence-corrected chi connectivity index (χ0v) is 6.12. The Morgan fingerprint density at radius 2 is 2.10 bits per heavy atom. The second-order valence-electron chi connectivity index (χ2n) is 1.91. The van der Waals surface area contributed by atoms with Crippen molar-refractivity contribution >= 4 is 0 Å². The van der Waals surface area contributed by atoms with Gasteiger partial charge in [-0.3, -0.25) is 0 Å². The largest absolute Gasteiger partial charge is 0.394 e. The Balaban J connectivity index is 2.97. The minimum Gasteiger partial charge on any atom is -0.394 e. The first-order valence-corrected chi connectivity index (χ1v) is 3.17. The molecule has 0 fully saturated rings. The van der Waals surface area contributed by atoms with Crippen LogP contribution in [0.4, 0.5) is 0 Å². The van der Waals surface area contributed by atoms with Crippen LogP contribution in [0.3, 0.4) is 0 Å². The van der Waals surface area contributed by atoms with E-state index in [1.807, 2.05) is 0 Å². The van der Waals surface area contributed by atoms with Crippen LogP contribution < -0.4 is 0 Å². The third-order valence-corrected chi connectivity index (χ3v) is 0.905. The van der Waals surface area contributed by atoms with Crippen molar-refractivity contribution in [3.05, 3.63) is 0 Å². The summed E-state index contributed by atoms with van der Waals surface area (Å²) in [5.74, 6) is 0. The number of aliphatic hydroxyl groups excluding tert-OH is 2. The molecule has 4 nitrogen and oxygen atoms in total. The first kappa shape index (κ1) is 9.84. The predicted molar refractivity (Wildman–Crippen MR) is 35.8 cm³/mol. The maximum Gasteiger partial charge on any atom is 0.101 e. The Kier molecular flexibility index (Phi) is 6.84. The smallest absolute Gasteiger partial charge is 0.101 e. The van der Waals surface area contributed by atoms with Crippen molar-refractivity contribution < 1.29 is 19.7 Å². The van der Waals surface area contributed by atoms with Crippen LogP contribution >= 0.6 is 0 Å². The molecule has 0 amide bonds. The first-order valence-electron chi connectivity index (χ1n) is 3.17. The summed E-state index contributed by atoms with van der Waals surface area (Å²) in [7, 11) is 1.51. The van der Waals surface area contributed by atoms with Crippen LogP contribution in [0.15, 0.2) is 0 Å².